The molecule has 3 nitrogen and oxygen atoms in total. The van der Waals surface area contributed by atoms with E-state index in [4.69, 9.17) is 9.47 Å². The molecule has 0 rings (SSSR count). The Kier molecular flexibility index (Phi) is 8.67. The molecule has 3 heteroatoms. The fourth-order valence-electron chi connectivity index (χ4n) is 0.794. The van der Waals surface area contributed by atoms with Gasteiger partial charge in [-0.1, -0.05) is 19.1 Å². The van der Waals surface area contributed by atoms with Crippen LogP contribution in [0, 0.1) is 0 Å². The number of carbonyl (C=O) groups excluding carboxylic acids is 1. The molecule has 0 aromatic heterocycles. The monoisotopic (exact) mass is 186 g/mol. The lowest BCUT2D eigenvalue weighted by Gasteiger charge is -2.01. The summed E-state index contributed by atoms with van der Waals surface area (Å²) in [6.07, 6.45) is 5.88. The summed E-state index contributed by atoms with van der Waals surface area (Å²) in [5.74, 6) is -0.166. The highest BCUT2D eigenvalue weighted by atomic mass is 16.5. The van der Waals surface area contributed by atoms with Crippen molar-refractivity contribution in [2.24, 2.45) is 0 Å². The van der Waals surface area contributed by atoms with Crippen LogP contribution < -0.4 is 0 Å². The summed E-state index contributed by atoms with van der Waals surface area (Å²) >= 11 is 0. The van der Waals surface area contributed by atoms with Gasteiger partial charge in [-0.05, 0) is 6.42 Å². The minimum atomic E-state index is -0.166. The molecule has 0 aliphatic rings. The highest BCUT2D eigenvalue weighted by Crippen LogP contribution is 1.92. The molecular weight excluding hydrogens is 168 g/mol. The normalized spacial score (nSPS) is 10.6. The van der Waals surface area contributed by atoms with Gasteiger partial charge in [-0.3, -0.25) is 4.79 Å². The molecular formula is C10H18O3. The standard InChI is InChI=1S/C10H18O3/c1-3-4-5-7-10(11)13-9-6-8-12-2/h4-5H,3,6-9H2,1-2H3. The van der Waals surface area contributed by atoms with Crippen LogP contribution in [-0.2, 0) is 14.3 Å². The van der Waals surface area contributed by atoms with Crippen molar-refractivity contribution in [1.29, 1.82) is 0 Å². The molecule has 0 spiro atoms. The Morgan fingerprint density at radius 1 is 1.31 bits per heavy atom. The number of hydrogen-bond donors (Lipinski definition) is 0. The van der Waals surface area contributed by atoms with E-state index in [2.05, 4.69) is 0 Å². The maximum absolute atomic E-state index is 11.0. The number of rotatable bonds is 7. The van der Waals surface area contributed by atoms with Crippen molar-refractivity contribution in [3.05, 3.63) is 12.2 Å². The van der Waals surface area contributed by atoms with Crippen LogP contribution >= 0.6 is 0 Å². The van der Waals surface area contributed by atoms with E-state index in [1.165, 1.54) is 0 Å². The Morgan fingerprint density at radius 3 is 2.69 bits per heavy atom. The molecule has 0 amide bonds. The van der Waals surface area contributed by atoms with Crippen molar-refractivity contribution < 1.29 is 14.3 Å². The maximum atomic E-state index is 11.0. The van der Waals surface area contributed by atoms with E-state index in [9.17, 15) is 4.79 Å². The van der Waals surface area contributed by atoms with Gasteiger partial charge in [0.05, 0.1) is 13.0 Å². The zero-order chi connectivity index (χ0) is 9.94. The quantitative estimate of drug-likeness (QED) is 0.346. The molecule has 0 aliphatic heterocycles. The zero-order valence-electron chi connectivity index (χ0n) is 8.41. The minimum absolute atomic E-state index is 0.166. The van der Waals surface area contributed by atoms with Gasteiger partial charge in [0.15, 0.2) is 0 Å². The Labute approximate surface area is 79.7 Å². The van der Waals surface area contributed by atoms with Gasteiger partial charge in [0.25, 0.3) is 0 Å². The predicted molar refractivity (Wildman–Crippen MR) is 51.5 cm³/mol. The SMILES string of the molecule is CCC=CCC(=O)OCCCOC. The molecule has 0 heterocycles. The van der Waals surface area contributed by atoms with Crippen molar-refractivity contribution in [2.75, 3.05) is 20.3 Å². The highest BCUT2D eigenvalue weighted by molar-refractivity contribution is 5.71. The lowest BCUT2D eigenvalue weighted by molar-refractivity contribution is -0.142. The number of esters is 1. The third-order valence-electron chi connectivity index (χ3n) is 1.44. The lowest BCUT2D eigenvalue weighted by atomic mass is 10.3. The van der Waals surface area contributed by atoms with Crippen LogP contribution in [0.15, 0.2) is 12.2 Å². The lowest BCUT2D eigenvalue weighted by Crippen LogP contribution is -2.06. The van der Waals surface area contributed by atoms with Crippen molar-refractivity contribution >= 4 is 5.97 Å². The van der Waals surface area contributed by atoms with Gasteiger partial charge in [0.2, 0.25) is 0 Å². The largest absolute Gasteiger partial charge is 0.465 e. The second kappa shape index (κ2) is 9.26. The van der Waals surface area contributed by atoms with Crippen molar-refractivity contribution in [1.82, 2.24) is 0 Å². The molecule has 0 aromatic rings. The van der Waals surface area contributed by atoms with E-state index < -0.39 is 0 Å². The zero-order valence-corrected chi connectivity index (χ0v) is 8.41. The number of allylic oxidation sites excluding steroid dienone is 1. The summed E-state index contributed by atoms with van der Waals surface area (Å²) < 4.78 is 9.74. The molecule has 0 aromatic carbocycles. The molecule has 0 atom stereocenters. The predicted octanol–water partition coefficient (Wildman–Crippen LogP) is 1.92. The molecule has 0 aliphatic carbocycles. The first kappa shape index (κ1) is 12.2. The molecule has 0 fully saturated rings. The Balaban J connectivity index is 3.25. The second-order valence-electron chi connectivity index (χ2n) is 2.65. The van der Waals surface area contributed by atoms with Gasteiger partial charge in [-0.25, -0.2) is 0 Å². The second-order valence-corrected chi connectivity index (χ2v) is 2.65. The smallest absolute Gasteiger partial charge is 0.309 e. The molecule has 0 bridgehead atoms. The highest BCUT2D eigenvalue weighted by Gasteiger charge is 1.97. The van der Waals surface area contributed by atoms with Crippen LogP contribution in [0.25, 0.3) is 0 Å². The van der Waals surface area contributed by atoms with E-state index in [-0.39, 0.29) is 5.97 Å². The Hall–Kier alpha value is -0.830. The summed E-state index contributed by atoms with van der Waals surface area (Å²) in [7, 11) is 1.63. The first-order valence-corrected chi connectivity index (χ1v) is 4.60. The molecule has 0 saturated carbocycles. The van der Waals surface area contributed by atoms with Gasteiger partial charge in [0.1, 0.15) is 0 Å². The van der Waals surface area contributed by atoms with Crippen molar-refractivity contribution in [2.45, 2.75) is 26.2 Å². The van der Waals surface area contributed by atoms with Gasteiger partial charge in [-0.15, -0.1) is 0 Å². The van der Waals surface area contributed by atoms with Gasteiger partial charge < -0.3 is 9.47 Å². The van der Waals surface area contributed by atoms with Gasteiger partial charge >= 0.3 is 5.97 Å². The number of ether oxygens (including phenoxy) is 2. The first-order chi connectivity index (χ1) is 6.31. The third-order valence-corrected chi connectivity index (χ3v) is 1.44. The fraction of sp³-hybridized carbons (Fsp3) is 0.700. The Morgan fingerprint density at radius 2 is 2.08 bits per heavy atom. The van der Waals surface area contributed by atoms with Crippen LogP contribution in [0.2, 0.25) is 0 Å². The summed E-state index contributed by atoms with van der Waals surface area (Å²) in [6, 6.07) is 0. The molecule has 0 radical (unpaired) electrons. The Bertz CT molecular complexity index is 152. The maximum Gasteiger partial charge on any atom is 0.309 e. The first-order valence-electron chi connectivity index (χ1n) is 4.60. The average molecular weight is 186 g/mol. The van der Waals surface area contributed by atoms with E-state index in [0.717, 1.165) is 12.8 Å². The van der Waals surface area contributed by atoms with Gasteiger partial charge in [-0.2, -0.15) is 0 Å². The van der Waals surface area contributed by atoms with Crippen LogP contribution in [0.1, 0.15) is 26.2 Å². The van der Waals surface area contributed by atoms with Crippen molar-refractivity contribution in [3.8, 4) is 0 Å². The topological polar surface area (TPSA) is 35.5 Å². The van der Waals surface area contributed by atoms with Crippen LogP contribution in [-0.4, -0.2) is 26.3 Å². The van der Waals surface area contributed by atoms with Crippen LogP contribution in [0.3, 0.4) is 0 Å². The summed E-state index contributed by atoms with van der Waals surface area (Å²) in [5.41, 5.74) is 0. The molecule has 13 heavy (non-hydrogen) atoms. The van der Waals surface area contributed by atoms with Gasteiger partial charge in [0, 0.05) is 20.1 Å². The van der Waals surface area contributed by atoms with Crippen LogP contribution in [0.5, 0.6) is 0 Å². The van der Waals surface area contributed by atoms with E-state index in [1.807, 2.05) is 19.1 Å². The number of carbonyl (C=O) groups is 1. The molecule has 76 valence electrons. The van der Waals surface area contributed by atoms with E-state index >= 15 is 0 Å². The van der Waals surface area contributed by atoms with Crippen LogP contribution in [0.4, 0.5) is 0 Å². The summed E-state index contributed by atoms with van der Waals surface area (Å²) in [6.45, 7) is 3.12. The van der Waals surface area contributed by atoms with Crippen molar-refractivity contribution in [3.63, 3.8) is 0 Å². The molecule has 0 saturated heterocycles. The fourth-order valence-corrected chi connectivity index (χ4v) is 0.794. The third kappa shape index (κ3) is 9.08. The minimum Gasteiger partial charge on any atom is -0.465 e. The van der Waals surface area contributed by atoms with E-state index in [1.54, 1.807) is 7.11 Å². The molecule has 0 N–H and O–H groups in total. The summed E-state index contributed by atoms with van der Waals surface area (Å²) in [4.78, 5) is 11.0. The average Bonchev–Trinajstić information content (AvgIpc) is 2.13. The van der Waals surface area contributed by atoms with E-state index in [0.29, 0.717) is 19.6 Å². The number of hydrogen-bond acceptors (Lipinski definition) is 3. The number of methoxy groups -OCH3 is 1. The molecule has 0 unspecified atom stereocenters. The summed E-state index contributed by atoms with van der Waals surface area (Å²) in [5, 5.41) is 0.